The number of rotatable bonds is 2. The van der Waals surface area contributed by atoms with Crippen LogP contribution in [0.5, 0.6) is 0 Å². The predicted molar refractivity (Wildman–Crippen MR) is 51.0 cm³/mol. The van der Waals surface area contributed by atoms with Gasteiger partial charge in [-0.25, -0.2) is 0 Å². The van der Waals surface area contributed by atoms with E-state index in [2.05, 4.69) is 19.9 Å². The van der Waals surface area contributed by atoms with Gasteiger partial charge in [-0.1, -0.05) is 19.9 Å². The van der Waals surface area contributed by atoms with Crippen LogP contribution in [0.25, 0.3) is 0 Å². The van der Waals surface area contributed by atoms with Crippen LogP contribution in [0.4, 0.5) is 0 Å². The maximum absolute atomic E-state index is 11.3. The van der Waals surface area contributed by atoms with Crippen LogP contribution in [-0.2, 0) is 4.79 Å². The Bertz CT molecular complexity index is 189. The highest BCUT2D eigenvalue weighted by atomic mass is 16.1. The summed E-state index contributed by atoms with van der Waals surface area (Å²) in [5.74, 6) is 1.06. The lowest BCUT2D eigenvalue weighted by Gasteiger charge is -2.12. The smallest absolute Gasteiger partial charge is 0.158 e. The Balaban J connectivity index is 2.47. The van der Waals surface area contributed by atoms with Gasteiger partial charge in [0.05, 0.1) is 0 Å². The zero-order valence-electron chi connectivity index (χ0n) is 8.10. The van der Waals surface area contributed by atoms with Crippen LogP contribution in [0.1, 0.15) is 46.0 Å². The molecular formula is C11H18O. The number of allylic oxidation sites excluding steroid dienone is 2. The molecule has 1 fully saturated rings. The average molecular weight is 166 g/mol. The summed E-state index contributed by atoms with van der Waals surface area (Å²) in [5, 5.41) is 0. The molecule has 0 aromatic heterocycles. The third-order valence-electron chi connectivity index (χ3n) is 2.29. The number of hydrogen-bond acceptors (Lipinski definition) is 1. The van der Waals surface area contributed by atoms with E-state index >= 15 is 0 Å². The molecule has 0 aliphatic heterocycles. The van der Waals surface area contributed by atoms with Crippen molar-refractivity contribution < 1.29 is 4.79 Å². The molecule has 0 aromatic rings. The molecule has 0 bridgehead atoms. The van der Waals surface area contributed by atoms with E-state index in [1.165, 1.54) is 6.42 Å². The third-order valence-corrected chi connectivity index (χ3v) is 2.29. The summed E-state index contributed by atoms with van der Waals surface area (Å²) >= 11 is 0. The average Bonchev–Trinajstić information content (AvgIpc) is 2.03. The summed E-state index contributed by atoms with van der Waals surface area (Å²) in [7, 11) is 0. The molecule has 68 valence electrons. The third kappa shape index (κ3) is 2.80. The van der Waals surface area contributed by atoms with Gasteiger partial charge in [-0.15, -0.1) is 0 Å². The summed E-state index contributed by atoms with van der Waals surface area (Å²) in [6.07, 6.45) is 7.30. The van der Waals surface area contributed by atoms with E-state index in [0.29, 0.717) is 11.7 Å². The van der Waals surface area contributed by atoms with Crippen LogP contribution in [-0.4, -0.2) is 5.78 Å². The molecule has 0 atom stereocenters. The Morgan fingerprint density at radius 3 is 2.58 bits per heavy atom. The van der Waals surface area contributed by atoms with E-state index in [0.717, 1.165) is 31.3 Å². The highest BCUT2D eigenvalue weighted by Crippen LogP contribution is 2.20. The van der Waals surface area contributed by atoms with Gasteiger partial charge in [0, 0.05) is 6.42 Å². The Labute approximate surface area is 74.9 Å². The van der Waals surface area contributed by atoms with Crippen LogP contribution < -0.4 is 0 Å². The minimum Gasteiger partial charge on any atom is -0.295 e. The standard InChI is InChI=1S/C11H18O/c1-9(2)7-8-10-5-3-4-6-11(10)12/h8-9H,3-7H2,1-2H3. The molecule has 0 saturated heterocycles. The molecule has 1 aliphatic carbocycles. The first-order chi connectivity index (χ1) is 5.70. The van der Waals surface area contributed by atoms with E-state index < -0.39 is 0 Å². The van der Waals surface area contributed by atoms with Gasteiger partial charge in [0.15, 0.2) is 5.78 Å². The molecule has 1 rings (SSSR count). The summed E-state index contributed by atoms with van der Waals surface area (Å²) in [4.78, 5) is 11.3. The minimum atomic E-state index is 0.391. The second kappa shape index (κ2) is 4.44. The van der Waals surface area contributed by atoms with Gasteiger partial charge in [-0.2, -0.15) is 0 Å². The lowest BCUT2D eigenvalue weighted by molar-refractivity contribution is -0.116. The topological polar surface area (TPSA) is 17.1 Å². The van der Waals surface area contributed by atoms with Crippen molar-refractivity contribution in [3.05, 3.63) is 11.6 Å². The second-order valence-corrected chi connectivity index (χ2v) is 3.99. The molecule has 0 unspecified atom stereocenters. The van der Waals surface area contributed by atoms with E-state index in [1.54, 1.807) is 0 Å². The van der Waals surface area contributed by atoms with Gasteiger partial charge < -0.3 is 0 Å². The SMILES string of the molecule is CC(C)CC=C1CCCCC1=O. The molecular weight excluding hydrogens is 148 g/mol. The van der Waals surface area contributed by atoms with Crippen molar-refractivity contribution in [2.75, 3.05) is 0 Å². The van der Waals surface area contributed by atoms with Gasteiger partial charge in [0.2, 0.25) is 0 Å². The molecule has 0 heterocycles. The van der Waals surface area contributed by atoms with Gasteiger partial charge in [-0.05, 0) is 37.2 Å². The molecule has 0 radical (unpaired) electrons. The van der Waals surface area contributed by atoms with Gasteiger partial charge >= 0.3 is 0 Å². The van der Waals surface area contributed by atoms with Crippen molar-refractivity contribution in [2.24, 2.45) is 5.92 Å². The van der Waals surface area contributed by atoms with Crippen molar-refractivity contribution in [3.8, 4) is 0 Å². The second-order valence-electron chi connectivity index (χ2n) is 3.99. The Hall–Kier alpha value is -0.590. The zero-order valence-corrected chi connectivity index (χ0v) is 8.10. The fraction of sp³-hybridized carbons (Fsp3) is 0.727. The summed E-state index contributed by atoms with van der Waals surface area (Å²) in [6, 6.07) is 0. The molecule has 0 aromatic carbocycles. The van der Waals surface area contributed by atoms with E-state index in [-0.39, 0.29) is 0 Å². The molecule has 12 heavy (non-hydrogen) atoms. The fourth-order valence-corrected chi connectivity index (χ4v) is 1.49. The van der Waals surface area contributed by atoms with Crippen molar-refractivity contribution in [3.63, 3.8) is 0 Å². The normalized spacial score (nSPS) is 22.2. The monoisotopic (exact) mass is 166 g/mol. The van der Waals surface area contributed by atoms with Crippen LogP contribution in [0.2, 0.25) is 0 Å². The van der Waals surface area contributed by atoms with Crippen LogP contribution in [0, 0.1) is 5.92 Å². The Morgan fingerprint density at radius 1 is 1.33 bits per heavy atom. The number of carbonyl (C=O) groups is 1. The minimum absolute atomic E-state index is 0.391. The molecule has 0 N–H and O–H groups in total. The highest BCUT2D eigenvalue weighted by molar-refractivity contribution is 5.95. The number of Topliss-reactive ketones (excluding diaryl/α,β-unsaturated/α-hetero) is 1. The maximum Gasteiger partial charge on any atom is 0.158 e. The largest absolute Gasteiger partial charge is 0.295 e. The quantitative estimate of drug-likeness (QED) is 0.576. The zero-order chi connectivity index (χ0) is 8.97. The number of hydrogen-bond donors (Lipinski definition) is 0. The number of ketones is 1. The molecule has 1 saturated carbocycles. The molecule has 1 nitrogen and oxygen atoms in total. The van der Waals surface area contributed by atoms with Crippen molar-refractivity contribution >= 4 is 5.78 Å². The maximum atomic E-state index is 11.3. The Morgan fingerprint density at radius 2 is 2.00 bits per heavy atom. The molecule has 1 heteroatoms. The van der Waals surface area contributed by atoms with E-state index in [1.807, 2.05) is 0 Å². The lowest BCUT2D eigenvalue weighted by atomic mass is 9.92. The summed E-state index contributed by atoms with van der Waals surface area (Å²) < 4.78 is 0. The summed E-state index contributed by atoms with van der Waals surface area (Å²) in [5.41, 5.74) is 1.09. The Kier molecular flexibility index (Phi) is 3.51. The van der Waals surface area contributed by atoms with Crippen molar-refractivity contribution in [2.45, 2.75) is 46.0 Å². The first kappa shape index (κ1) is 9.50. The van der Waals surface area contributed by atoms with Gasteiger partial charge in [0.25, 0.3) is 0 Å². The van der Waals surface area contributed by atoms with Gasteiger partial charge in [0.1, 0.15) is 0 Å². The molecule has 0 spiro atoms. The predicted octanol–water partition coefficient (Wildman–Crippen LogP) is 3.10. The fourth-order valence-electron chi connectivity index (χ4n) is 1.49. The molecule has 0 amide bonds. The van der Waals surface area contributed by atoms with E-state index in [4.69, 9.17) is 0 Å². The highest BCUT2D eigenvalue weighted by Gasteiger charge is 2.13. The first-order valence-corrected chi connectivity index (χ1v) is 4.92. The molecule has 1 aliphatic rings. The van der Waals surface area contributed by atoms with E-state index in [9.17, 15) is 4.79 Å². The van der Waals surface area contributed by atoms with Gasteiger partial charge in [-0.3, -0.25) is 4.79 Å². The lowest BCUT2D eigenvalue weighted by Crippen LogP contribution is -2.08. The van der Waals surface area contributed by atoms with Crippen molar-refractivity contribution in [1.82, 2.24) is 0 Å². The number of carbonyl (C=O) groups excluding carboxylic acids is 1. The first-order valence-electron chi connectivity index (χ1n) is 4.92. The van der Waals surface area contributed by atoms with Crippen molar-refractivity contribution in [1.29, 1.82) is 0 Å². The van der Waals surface area contributed by atoms with Crippen LogP contribution >= 0.6 is 0 Å². The summed E-state index contributed by atoms with van der Waals surface area (Å²) in [6.45, 7) is 4.37. The van der Waals surface area contributed by atoms with Crippen LogP contribution in [0.15, 0.2) is 11.6 Å². The van der Waals surface area contributed by atoms with Crippen LogP contribution in [0.3, 0.4) is 0 Å².